The van der Waals surface area contributed by atoms with E-state index in [1.165, 1.54) is 5.56 Å². The van der Waals surface area contributed by atoms with E-state index in [4.69, 9.17) is 0 Å². The molecule has 0 aliphatic carbocycles. The van der Waals surface area contributed by atoms with Gasteiger partial charge in [-0.05, 0) is 28.9 Å². The second-order valence-electron chi connectivity index (χ2n) is 6.71. The van der Waals surface area contributed by atoms with Crippen LogP contribution in [0.5, 0.6) is 5.75 Å². The molecule has 0 bridgehead atoms. The predicted octanol–water partition coefficient (Wildman–Crippen LogP) is 4.29. The molecule has 0 spiro atoms. The van der Waals surface area contributed by atoms with Gasteiger partial charge in [0.05, 0.1) is 0 Å². The average Bonchev–Trinajstić information content (AvgIpc) is 2.04. The van der Waals surface area contributed by atoms with Gasteiger partial charge in [-0.15, -0.1) is 0 Å². The van der Waals surface area contributed by atoms with Crippen LogP contribution in [0, 0.1) is 6.92 Å². The summed E-state index contributed by atoms with van der Waals surface area (Å²) >= 11 is 0. The summed E-state index contributed by atoms with van der Waals surface area (Å²) in [6.07, 6.45) is 0. The molecular formula is C15H24OSc. The quantitative estimate of drug-likeness (QED) is 0.741. The fourth-order valence-corrected chi connectivity index (χ4v) is 1.92. The summed E-state index contributed by atoms with van der Waals surface area (Å²) in [7, 11) is 0. The van der Waals surface area contributed by atoms with E-state index in [2.05, 4.69) is 60.6 Å². The van der Waals surface area contributed by atoms with Gasteiger partial charge < -0.3 is 5.11 Å². The van der Waals surface area contributed by atoms with E-state index >= 15 is 0 Å². The largest absolute Gasteiger partial charge is 0.507 e. The van der Waals surface area contributed by atoms with Gasteiger partial charge in [-0.3, -0.25) is 0 Å². The minimum absolute atomic E-state index is 0. The Bertz CT molecular complexity index is 359. The maximum atomic E-state index is 10.4. The first-order chi connectivity index (χ1) is 7.03. The van der Waals surface area contributed by atoms with Crippen molar-refractivity contribution >= 4 is 0 Å². The molecule has 0 amide bonds. The first-order valence-electron chi connectivity index (χ1n) is 5.88. The van der Waals surface area contributed by atoms with Crippen LogP contribution in [0.3, 0.4) is 0 Å². The van der Waals surface area contributed by atoms with Crippen LogP contribution in [-0.2, 0) is 36.7 Å². The van der Waals surface area contributed by atoms with Crippen LogP contribution >= 0.6 is 0 Å². The summed E-state index contributed by atoms with van der Waals surface area (Å²) < 4.78 is 0. The van der Waals surface area contributed by atoms with Crippen LogP contribution in [0.2, 0.25) is 0 Å². The maximum Gasteiger partial charge on any atom is 0.123 e. The minimum Gasteiger partial charge on any atom is -0.507 e. The topological polar surface area (TPSA) is 20.2 Å². The van der Waals surface area contributed by atoms with E-state index in [9.17, 15) is 5.11 Å². The zero-order valence-electron chi connectivity index (χ0n) is 12.2. The Morgan fingerprint density at radius 2 is 1.12 bits per heavy atom. The van der Waals surface area contributed by atoms with Crippen molar-refractivity contribution in [2.75, 3.05) is 0 Å². The van der Waals surface area contributed by atoms with Gasteiger partial charge in [0.1, 0.15) is 5.75 Å². The van der Waals surface area contributed by atoms with Gasteiger partial charge in [0.25, 0.3) is 0 Å². The van der Waals surface area contributed by atoms with Crippen molar-refractivity contribution < 1.29 is 30.9 Å². The molecule has 1 nitrogen and oxygen atoms in total. The molecule has 0 aromatic heterocycles. The zero-order valence-corrected chi connectivity index (χ0v) is 14.0. The van der Waals surface area contributed by atoms with E-state index in [-0.39, 0.29) is 36.7 Å². The van der Waals surface area contributed by atoms with Crippen LogP contribution in [-0.4, -0.2) is 5.11 Å². The monoisotopic (exact) mass is 265 g/mol. The van der Waals surface area contributed by atoms with Crippen molar-refractivity contribution in [1.29, 1.82) is 0 Å². The zero-order chi connectivity index (χ0) is 12.7. The Morgan fingerprint density at radius 3 is 1.35 bits per heavy atom. The van der Waals surface area contributed by atoms with Crippen molar-refractivity contribution in [3.8, 4) is 5.75 Å². The van der Waals surface area contributed by atoms with Crippen molar-refractivity contribution in [3.05, 3.63) is 28.8 Å². The number of aromatic hydroxyl groups is 1. The van der Waals surface area contributed by atoms with E-state index in [1.54, 1.807) is 0 Å². The van der Waals surface area contributed by atoms with Crippen LogP contribution in [0.15, 0.2) is 12.1 Å². The summed E-state index contributed by atoms with van der Waals surface area (Å²) in [6, 6.07) is 4.18. The SMILES string of the molecule is Cc1cc(C(C)(C)C)c(O)c(C(C)(C)C)c1.[Sc]. The third-order valence-electron chi connectivity index (χ3n) is 2.87. The summed E-state index contributed by atoms with van der Waals surface area (Å²) in [4.78, 5) is 0. The number of rotatable bonds is 0. The normalized spacial score (nSPS) is 12.2. The molecule has 0 unspecified atom stereocenters. The number of hydrogen-bond donors (Lipinski definition) is 1. The Labute approximate surface area is 124 Å². The Kier molecular flexibility index (Phi) is 5.22. The number of benzene rings is 1. The summed E-state index contributed by atoms with van der Waals surface area (Å²) in [6.45, 7) is 14.9. The fraction of sp³-hybridized carbons (Fsp3) is 0.600. The first-order valence-corrected chi connectivity index (χ1v) is 5.88. The number of aryl methyl sites for hydroxylation is 1. The molecule has 93 valence electrons. The number of phenols is 1. The summed E-state index contributed by atoms with van der Waals surface area (Å²) in [5, 5.41) is 10.4. The van der Waals surface area contributed by atoms with Crippen molar-refractivity contribution in [2.45, 2.75) is 59.3 Å². The predicted molar refractivity (Wildman–Crippen MR) is 70.2 cm³/mol. The molecule has 1 radical (unpaired) electrons. The molecule has 0 atom stereocenters. The molecule has 0 aliphatic rings. The van der Waals surface area contributed by atoms with Gasteiger partial charge in [0.2, 0.25) is 0 Å². The van der Waals surface area contributed by atoms with E-state index in [0.717, 1.165) is 11.1 Å². The fourth-order valence-electron chi connectivity index (χ4n) is 1.92. The smallest absolute Gasteiger partial charge is 0.123 e. The van der Waals surface area contributed by atoms with E-state index in [0.29, 0.717) is 5.75 Å². The molecule has 0 saturated carbocycles. The third kappa shape index (κ3) is 3.94. The van der Waals surface area contributed by atoms with Crippen molar-refractivity contribution in [1.82, 2.24) is 0 Å². The Balaban J connectivity index is 0.00000256. The van der Waals surface area contributed by atoms with Gasteiger partial charge in [-0.25, -0.2) is 0 Å². The summed E-state index contributed by atoms with van der Waals surface area (Å²) in [5.41, 5.74) is 3.26. The number of hydrogen-bond acceptors (Lipinski definition) is 1. The van der Waals surface area contributed by atoms with Crippen LogP contribution in [0.25, 0.3) is 0 Å². The molecule has 1 aromatic rings. The Morgan fingerprint density at radius 1 is 0.824 bits per heavy atom. The molecule has 1 rings (SSSR count). The molecular weight excluding hydrogens is 241 g/mol. The standard InChI is InChI=1S/C15H24O.Sc/c1-10-8-11(14(2,3)4)13(16)12(9-10)15(5,6)7;/h8-9,16H,1-7H3;. The van der Waals surface area contributed by atoms with Gasteiger partial charge in [0.15, 0.2) is 0 Å². The van der Waals surface area contributed by atoms with Gasteiger partial charge in [-0.1, -0.05) is 59.2 Å². The van der Waals surface area contributed by atoms with E-state index in [1.807, 2.05) is 0 Å². The van der Waals surface area contributed by atoms with Crippen molar-refractivity contribution in [2.24, 2.45) is 0 Å². The third-order valence-corrected chi connectivity index (χ3v) is 2.87. The second kappa shape index (κ2) is 5.26. The number of phenolic OH excluding ortho intramolecular Hbond substituents is 1. The molecule has 17 heavy (non-hydrogen) atoms. The maximum absolute atomic E-state index is 10.4. The van der Waals surface area contributed by atoms with Crippen LogP contribution < -0.4 is 0 Å². The molecule has 0 heterocycles. The molecule has 0 aliphatic heterocycles. The summed E-state index contributed by atoms with van der Waals surface area (Å²) in [5.74, 6) is 0.464. The molecule has 1 aromatic carbocycles. The van der Waals surface area contributed by atoms with Crippen molar-refractivity contribution in [3.63, 3.8) is 0 Å². The Hall–Kier alpha value is -0.110. The van der Waals surface area contributed by atoms with Gasteiger partial charge in [-0.2, -0.15) is 0 Å². The first kappa shape index (κ1) is 16.9. The molecule has 0 fully saturated rings. The van der Waals surface area contributed by atoms with Gasteiger partial charge in [0, 0.05) is 25.8 Å². The molecule has 1 N–H and O–H groups in total. The van der Waals surface area contributed by atoms with Crippen LogP contribution in [0.4, 0.5) is 0 Å². The minimum atomic E-state index is -0.0178. The molecule has 0 saturated heterocycles. The van der Waals surface area contributed by atoms with Crippen LogP contribution in [0.1, 0.15) is 58.2 Å². The van der Waals surface area contributed by atoms with Gasteiger partial charge >= 0.3 is 0 Å². The second-order valence-corrected chi connectivity index (χ2v) is 6.71. The molecule has 2 heteroatoms. The van der Waals surface area contributed by atoms with E-state index < -0.39 is 0 Å². The average molecular weight is 265 g/mol.